The van der Waals surface area contributed by atoms with Gasteiger partial charge in [-0.25, -0.2) is 0 Å². The minimum Gasteiger partial charge on any atom is -0.381 e. The first-order chi connectivity index (χ1) is 5.66. The normalized spacial score (nSPS) is 10.6. The third kappa shape index (κ3) is 11.4. The van der Waals surface area contributed by atoms with Crippen molar-refractivity contribution >= 4 is 0 Å². The van der Waals surface area contributed by atoms with Crippen molar-refractivity contribution in [2.75, 3.05) is 13.7 Å². The molecule has 0 heterocycles. The molecule has 13 heavy (non-hydrogen) atoms. The second-order valence-electron chi connectivity index (χ2n) is 3.33. The van der Waals surface area contributed by atoms with E-state index in [1.807, 2.05) is 0 Å². The number of hydrogen-bond acceptors (Lipinski definition) is 1. The lowest BCUT2D eigenvalue weighted by atomic mass is 10.1. The van der Waals surface area contributed by atoms with Gasteiger partial charge in [-0.15, -0.1) is 0 Å². The number of hydrogen-bond donors (Lipinski definition) is 0. The summed E-state index contributed by atoms with van der Waals surface area (Å²) in [5, 5.41) is 0. The van der Waals surface area contributed by atoms with Gasteiger partial charge in [-0.1, -0.05) is 30.7 Å². The highest BCUT2D eigenvalue weighted by molar-refractivity contribution is 5.02. The van der Waals surface area contributed by atoms with E-state index in [2.05, 4.69) is 32.9 Å². The molecule has 0 radical (unpaired) electrons. The summed E-state index contributed by atoms with van der Waals surface area (Å²) in [5.74, 6) is 0. The quantitative estimate of drug-likeness (QED) is 0.588. The average Bonchev–Trinajstić information content (AvgIpc) is 2.00. The van der Waals surface area contributed by atoms with Crippen LogP contribution in [0.15, 0.2) is 23.3 Å². The van der Waals surface area contributed by atoms with E-state index in [9.17, 15) is 0 Å². The largest absolute Gasteiger partial charge is 0.381 e. The van der Waals surface area contributed by atoms with Crippen molar-refractivity contribution in [1.82, 2.24) is 0 Å². The zero-order valence-corrected chi connectivity index (χ0v) is 8.68. The standard InChI is InChI=1S/C11H20O.CH4/c1-10(2)6-5-7-11(3)8-9-12-4;/h6,8H,5,7,9H2,1-4H3;1H4/b11-8+;. The maximum atomic E-state index is 4.95. The Morgan fingerprint density at radius 1 is 1.15 bits per heavy atom. The Labute approximate surface area is 83.5 Å². The summed E-state index contributed by atoms with van der Waals surface area (Å²) in [4.78, 5) is 0. The van der Waals surface area contributed by atoms with Crippen LogP contribution in [0.4, 0.5) is 0 Å². The van der Waals surface area contributed by atoms with E-state index >= 15 is 0 Å². The van der Waals surface area contributed by atoms with Crippen LogP contribution in [0.25, 0.3) is 0 Å². The zero-order chi connectivity index (χ0) is 9.40. The minimum atomic E-state index is 0. The number of methoxy groups -OCH3 is 1. The van der Waals surface area contributed by atoms with Crippen molar-refractivity contribution in [2.24, 2.45) is 0 Å². The van der Waals surface area contributed by atoms with Crippen LogP contribution in [0.2, 0.25) is 0 Å². The van der Waals surface area contributed by atoms with E-state index in [4.69, 9.17) is 4.74 Å². The van der Waals surface area contributed by atoms with Gasteiger partial charge < -0.3 is 4.74 Å². The van der Waals surface area contributed by atoms with Crippen LogP contribution in [0.5, 0.6) is 0 Å². The molecule has 0 fully saturated rings. The fourth-order valence-electron chi connectivity index (χ4n) is 0.916. The van der Waals surface area contributed by atoms with Crippen LogP contribution >= 0.6 is 0 Å². The van der Waals surface area contributed by atoms with E-state index < -0.39 is 0 Å². The van der Waals surface area contributed by atoms with E-state index in [0.29, 0.717) is 0 Å². The lowest BCUT2D eigenvalue weighted by Crippen LogP contribution is -1.84. The van der Waals surface area contributed by atoms with Crippen molar-refractivity contribution in [1.29, 1.82) is 0 Å². The summed E-state index contributed by atoms with van der Waals surface area (Å²) in [5.41, 5.74) is 2.81. The highest BCUT2D eigenvalue weighted by Gasteiger charge is 1.87. The van der Waals surface area contributed by atoms with Crippen LogP contribution in [0, 0.1) is 0 Å². The molecule has 1 heteroatoms. The third-order valence-electron chi connectivity index (χ3n) is 1.69. The lowest BCUT2D eigenvalue weighted by molar-refractivity contribution is 0.233. The molecule has 0 unspecified atom stereocenters. The Bertz CT molecular complexity index is 162. The van der Waals surface area contributed by atoms with Gasteiger partial charge in [0.1, 0.15) is 0 Å². The Balaban J connectivity index is 0. The molecule has 0 saturated heterocycles. The summed E-state index contributed by atoms with van der Waals surface area (Å²) in [6.45, 7) is 7.15. The summed E-state index contributed by atoms with van der Waals surface area (Å²) in [7, 11) is 1.72. The Hall–Kier alpha value is -0.560. The van der Waals surface area contributed by atoms with Gasteiger partial charge in [0.2, 0.25) is 0 Å². The molecule has 0 bridgehead atoms. The van der Waals surface area contributed by atoms with Crippen LogP contribution < -0.4 is 0 Å². The van der Waals surface area contributed by atoms with Crippen LogP contribution in [0.1, 0.15) is 41.0 Å². The van der Waals surface area contributed by atoms with Gasteiger partial charge in [0.05, 0.1) is 6.61 Å². The van der Waals surface area contributed by atoms with Crippen LogP contribution in [0.3, 0.4) is 0 Å². The molecule has 0 N–H and O–H groups in total. The van der Waals surface area contributed by atoms with E-state index in [1.165, 1.54) is 11.1 Å². The maximum absolute atomic E-state index is 4.95. The Kier molecular flexibility index (Phi) is 10.9. The van der Waals surface area contributed by atoms with Crippen LogP contribution in [-0.2, 0) is 4.74 Å². The van der Waals surface area contributed by atoms with Crippen molar-refractivity contribution in [2.45, 2.75) is 41.0 Å². The predicted molar refractivity (Wildman–Crippen MR) is 61.0 cm³/mol. The number of rotatable bonds is 5. The molecule has 1 nitrogen and oxygen atoms in total. The van der Waals surface area contributed by atoms with E-state index in [1.54, 1.807) is 7.11 Å². The molecule has 0 rings (SSSR count). The van der Waals surface area contributed by atoms with Gasteiger partial charge in [-0.05, 0) is 33.6 Å². The first-order valence-electron chi connectivity index (χ1n) is 4.44. The molecule has 78 valence electrons. The molecule has 0 aromatic heterocycles. The van der Waals surface area contributed by atoms with Gasteiger partial charge >= 0.3 is 0 Å². The molecule has 0 aliphatic heterocycles. The Morgan fingerprint density at radius 2 is 1.77 bits per heavy atom. The highest BCUT2D eigenvalue weighted by atomic mass is 16.5. The number of ether oxygens (including phenoxy) is 1. The highest BCUT2D eigenvalue weighted by Crippen LogP contribution is 2.05. The molecular weight excluding hydrogens is 160 g/mol. The fraction of sp³-hybridized carbons (Fsp3) is 0.667. The smallest absolute Gasteiger partial charge is 0.0646 e. The first-order valence-corrected chi connectivity index (χ1v) is 4.44. The molecule has 0 spiro atoms. The van der Waals surface area contributed by atoms with E-state index in [-0.39, 0.29) is 7.43 Å². The van der Waals surface area contributed by atoms with Crippen LogP contribution in [-0.4, -0.2) is 13.7 Å². The molecule has 0 atom stereocenters. The topological polar surface area (TPSA) is 9.23 Å². The van der Waals surface area contributed by atoms with Crippen molar-refractivity contribution in [3.05, 3.63) is 23.3 Å². The van der Waals surface area contributed by atoms with Gasteiger partial charge in [-0.2, -0.15) is 0 Å². The second-order valence-corrected chi connectivity index (χ2v) is 3.33. The van der Waals surface area contributed by atoms with Crippen molar-refractivity contribution in [3.8, 4) is 0 Å². The fourth-order valence-corrected chi connectivity index (χ4v) is 0.916. The number of allylic oxidation sites excluding steroid dienone is 3. The van der Waals surface area contributed by atoms with Crippen molar-refractivity contribution in [3.63, 3.8) is 0 Å². The third-order valence-corrected chi connectivity index (χ3v) is 1.69. The summed E-state index contributed by atoms with van der Waals surface area (Å²) < 4.78 is 4.95. The zero-order valence-electron chi connectivity index (χ0n) is 8.68. The first kappa shape index (κ1) is 14.9. The van der Waals surface area contributed by atoms with Gasteiger partial charge in [-0.3, -0.25) is 0 Å². The molecule has 0 aromatic rings. The summed E-state index contributed by atoms with van der Waals surface area (Å²) in [6, 6.07) is 0. The van der Waals surface area contributed by atoms with Gasteiger partial charge in [0.25, 0.3) is 0 Å². The summed E-state index contributed by atoms with van der Waals surface area (Å²) >= 11 is 0. The predicted octanol–water partition coefficient (Wildman–Crippen LogP) is 3.96. The van der Waals surface area contributed by atoms with Gasteiger partial charge in [0.15, 0.2) is 0 Å². The molecule has 0 saturated carbocycles. The van der Waals surface area contributed by atoms with E-state index in [0.717, 1.165) is 19.4 Å². The van der Waals surface area contributed by atoms with Gasteiger partial charge in [0, 0.05) is 7.11 Å². The Morgan fingerprint density at radius 3 is 2.23 bits per heavy atom. The lowest BCUT2D eigenvalue weighted by Gasteiger charge is -1.98. The monoisotopic (exact) mass is 184 g/mol. The molecule has 0 aromatic carbocycles. The molecule has 0 aliphatic carbocycles. The average molecular weight is 184 g/mol. The van der Waals surface area contributed by atoms with Crippen molar-refractivity contribution < 1.29 is 4.74 Å². The maximum Gasteiger partial charge on any atom is 0.0646 e. The second kappa shape index (κ2) is 9.53. The molecular formula is C12H24O. The summed E-state index contributed by atoms with van der Waals surface area (Å²) in [6.07, 6.45) is 6.70. The SMILES string of the molecule is C.COC/C=C(\C)CCC=C(C)C. The minimum absolute atomic E-state index is 0. The molecule has 0 amide bonds. The molecule has 0 aliphatic rings.